The van der Waals surface area contributed by atoms with Gasteiger partial charge < -0.3 is 24.8 Å². The molecule has 0 amide bonds. The number of allylic oxidation sites excluding steroid dienone is 9. The summed E-state index contributed by atoms with van der Waals surface area (Å²) in [5.41, 5.74) is 5.92. The molecule has 0 bridgehead atoms. The van der Waals surface area contributed by atoms with Crippen LogP contribution in [0.2, 0.25) is 0 Å². The van der Waals surface area contributed by atoms with E-state index in [9.17, 15) is 0 Å². The molecule has 1 atom stereocenters. The molecule has 0 aromatic heterocycles. The Morgan fingerprint density at radius 2 is 1.72 bits per heavy atom. The van der Waals surface area contributed by atoms with Gasteiger partial charge in [-0.05, 0) is 0 Å². The molecule has 18 heavy (non-hydrogen) atoms. The van der Waals surface area contributed by atoms with E-state index in [0.29, 0.717) is 5.92 Å². The third kappa shape index (κ3) is 3.18. The zero-order chi connectivity index (χ0) is 11.9. The summed E-state index contributed by atoms with van der Waals surface area (Å²) in [6, 6.07) is 0. The minimum Gasteiger partial charge on any atom is -1.00 e. The van der Waals surface area contributed by atoms with Crippen molar-refractivity contribution < 1.29 is 48.0 Å². The van der Waals surface area contributed by atoms with E-state index in [1.54, 1.807) is 17.7 Å². The molecular weight excluding hydrogens is 342 g/mol. The molecular formula is C15H18Cl2Zr. The molecule has 3 heteroatoms. The van der Waals surface area contributed by atoms with Crippen LogP contribution in [-0.2, 0) is 23.2 Å². The molecule has 0 aromatic carbocycles. The van der Waals surface area contributed by atoms with Crippen molar-refractivity contribution in [1.82, 2.24) is 0 Å². The SMILES string of the molecule is C=C1C=CC=[C]1[Zr+2][C]1=C(C)C(C)=C(C)C1C.[Cl-].[Cl-]. The van der Waals surface area contributed by atoms with Gasteiger partial charge in [-0.3, -0.25) is 0 Å². The maximum Gasteiger partial charge on any atom is -1.00 e. The first kappa shape index (κ1) is 18.2. The molecule has 0 saturated heterocycles. The Kier molecular flexibility index (Phi) is 7.15. The molecule has 0 aromatic rings. The van der Waals surface area contributed by atoms with Crippen LogP contribution >= 0.6 is 0 Å². The van der Waals surface area contributed by atoms with Gasteiger partial charge in [0.15, 0.2) is 0 Å². The summed E-state index contributed by atoms with van der Waals surface area (Å²) in [6.07, 6.45) is 6.55. The predicted octanol–water partition coefficient (Wildman–Crippen LogP) is -1.65. The fraction of sp³-hybridized carbons (Fsp3) is 0.333. The van der Waals surface area contributed by atoms with Gasteiger partial charge in [-0.1, -0.05) is 0 Å². The van der Waals surface area contributed by atoms with E-state index in [-0.39, 0.29) is 24.8 Å². The van der Waals surface area contributed by atoms with Crippen LogP contribution in [0.3, 0.4) is 0 Å². The van der Waals surface area contributed by atoms with Crippen LogP contribution in [0.25, 0.3) is 0 Å². The van der Waals surface area contributed by atoms with Crippen LogP contribution in [0.5, 0.6) is 0 Å². The normalized spacial score (nSPS) is 21.7. The van der Waals surface area contributed by atoms with Crippen LogP contribution in [0.15, 0.2) is 53.7 Å². The molecule has 2 rings (SSSR count). The van der Waals surface area contributed by atoms with E-state index in [1.165, 1.54) is 11.1 Å². The fourth-order valence-electron chi connectivity index (χ4n) is 2.29. The molecule has 0 aliphatic heterocycles. The second-order valence-corrected chi connectivity index (χ2v) is 7.92. The first-order valence-electron chi connectivity index (χ1n) is 5.75. The third-order valence-electron chi connectivity index (χ3n) is 3.82. The Morgan fingerprint density at radius 1 is 1.11 bits per heavy atom. The van der Waals surface area contributed by atoms with Crippen LogP contribution in [0, 0.1) is 5.92 Å². The molecule has 0 spiro atoms. The molecule has 1 unspecified atom stereocenters. The van der Waals surface area contributed by atoms with Gasteiger partial charge in [-0.25, -0.2) is 0 Å². The summed E-state index contributed by atoms with van der Waals surface area (Å²) in [6.45, 7) is 13.3. The maximum absolute atomic E-state index is 4.12. The van der Waals surface area contributed by atoms with Gasteiger partial charge in [0.1, 0.15) is 0 Å². The van der Waals surface area contributed by atoms with Crippen LogP contribution in [0.4, 0.5) is 0 Å². The molecule has 0 heterocycles. The van der Waals surface area contributed by atoms with Gasteiger partial charge in [0.25, 0.3) is 0 Å². The Hall–Kier alpha value is 0.163. The third-order valence-corrected chi connectivity index (χ3v) is 8.33. The van der Waals surface area contributed by atoms with Crippen molar-refractivity contribution in [3.8, 4) is 0 Å². The van der Waals surface area contributed by atoms with Gasteiger partial charge in [-0.15, -0.1) is 0 Å². The first-order chi connectivity index (χ1) is 7.52. The van der Waals surface area contributed by atoms with Gasteiger partial charge in [0, 0.05) is 0 Å². The number of hydrogen-bond donors (Lipinski definition) is 0. The van der Waals surface area contributed by atoms with Gasteiger partial charge >= 0.3 is 111 Å². The second-order valence-electron chi connectivity index (χ2n) is 4.66. The summed E-state index contributed by atoms with van der Waals surface area (Å²) in [5.74, 6) is 0.681. The number of hydrogen-bond acceptors (Lipinski definition) is 0. The number of rotatable bonds is 2. The summed E-state index contributed by atoms with van der Waals surface area (Å²) in [4.78, 5) is 0. The molecule has 0 fully saturated rings. The Labute approximate surface area is 134 Å². The summed E-state index contributed by atoms with van der Waals surface area (Å²) in [7, 11) is 0. The van der Waals surface area contributed by atoms with Gasteiger partial charge in [-0.2, -0.15) is 0 Å². The van der Waals surface area contributed by atoms with E-state index < -0.39 is 23.2 Å². The average molecular weight is 360 g/mol. The molecule has 0 radical (unpaired) electrons. The zero-order valence-corrected chi connectivity index (χ0v) is 15.2. The molecule has 96 valence electrons. The van der Waals surface area contributed by atoms with Crippen molar-refractivity contribution in [2.75, 3.05) is 0 Å². The van der Waals surface area contributed by atoms with Crippen molar-refractivity contribution in [3.05, 3.63) is 53.7 Å². The van der Waals surface area contributed by atoms with Crippen molar-refractivity contribution >= 4 is 0 Å². The second kappa shape index (κ2) is 7.08. The maximum atomic E-state index is 4.12. The smallest absolute Gasteiger partial charge is 1.00 e. The molecule has 2 aliphatic rings. The molecule has 2 aliphatic carbocycles. The van der Waals surface area contributed by atoms with Crippen LogP contribution < -0.4 is 24.8 Å². The minimum absolute atomic E-state index is 0. The zero-order valence-electron chi connectivity index (χ0n) is 11.3. The number of halogens is 2. The Balaban J connectivity index is 0.00000144. The monoisotopic (exact) mass is 358 g/mol. The van der Waals surface area contributed by atoms with E-state index in [0.717, 1.165) is 0 Å². The Bertz CT molecular complexity index is 479. The van der Waals surface area contributed by atoms with Crippen molar-refractivity contribution in [2.24, 2.45) is 5.92 Å². The van der Waals surface area contributed by atoms with Crippen LogP contribution in [-0.4, -0.2) is 0 Å². The summed E-state index contributed by atoms with van der Waals surface area (Å²) < 4.78 is 3.29. The average Bonchev–Trinajstić information content (AvgIpc) is 2.73. The molecule has 0 nitrogen and oxygen atoms in total. The standard InChI is InChI=1S/C9H13.C6H5.2ClH.Zr/c1-6-5-7(2)9(4)8(6)3;1-6-4-2-3-5-6;;;/h6H,1-4H3;2-4H,1H2;2*1H;/q;;;;+2/p-2. The summed E-state index contributed by atoms with van der Waals surface area (Å²) in [5, 5.41) is 0. The van der Waals surface area contributed by atoms with E-state index >= 15 is 0 Å². The Morgan fingerprint density at radius 3 is 2.11 bits per heavy atom. The van der Waals surface area contributed by atoms with E-state index in [2.05, 4.69) is 52.5 Å². The van der Waals surface area contributed by atoms with Gasteiger partial charge in [0.05, 0.1) is 0 Å². The molecule has 0 saturated carbocycles. The van der Waals surface area contributed by atoms with E-state index in [1.807, 2.05) is 0 Å². The quantitative estimate of drug-likeness (QED) is 0.554. The van der Waals surface area contributed by atoms with Crippen molar-refractivity contribution in [1.29, 1.82) is 0 Å². The minimum atomic E-state index is -0.611. The van der Waals surface area contributed by atoms with Crippen molar-refractivity contribution in [2.45, 2.75) is 27.7 Å². The predicted molar refractivity (Wildman–Crippen MR) is 66.6 cm³/mol. The van der Waals surface area contributed by atoms with E-state index in [4.69, 9.17) is 0 Å². The summed E-state index contributed by atoms with van der Waals surface area (Å²) >= 11 is -0.611. The van der Waals surface area contributed by atoms with Crippen LogP contribution in [0.1, 0.15) is 27.7 Å². The first-order valence-corrected chi connectivity index (χ1v) is 8.21. The topological polar surface area (TPSA) is 0 Å². The largest absolute Gasteiger partial charge is 1.00 e. The fourth-order valence-corrected chi connectivity index (χ4v) is 6.03. The van der Waals surface area contributed by atoms with Gasteiger partial charge in [0.2, 0.25) is 0 Å². The molecule has 0 N–H and O–H groups in total. The van der Waals surface area contributed by atoms with Crippen molar-refractivity contribution in [3.63, 3.8) is 0 Å².